The number of rotatable bonds is 6. The van der Waals surface area contributed by atoms with E-state index in [2.05, 4.69) is 0 Å². The highest BCUT2D eigenvalue weighted by molar-refractivity contribution is 5.82. The fourth-order valence-corrected chi connectivity index (χ4v) is 2.89. The van der Waals surface area contributed by atoms with E-state index in [9.17, 15) is 20.1 Å². The molecule has 0 saturated carbocycles. The molecule has 3 N–H and O–H groups in total. The zero-order chi connectivity index (χ0) is 16.9. The zero-order valence-electron chi connectivity index (χ0n) is 13.3. The van der Waals surface area contributed by atoms with E-state index in [-0.39, 0.29) is 13.0 Å². The summed E-state index contributed by atoms with van der Waals surface area (Å²) in [5.74, 6) is -0.786. The number of esters is 1. The molecule has 0 bridgehead atoms. The molecule has 1 unspecified atom stereocenters. The molecule has 0 radical (unpaired) electrons. The van der Waals surface area contributed by atoms with E-state index in [0.717, 1.165) is 12.8 Å². The van der Waals surface area contributed by atoms with Gasteiger partial charge in [0.05, 0.1) is 12.7 Å². The van der Waals surface area contributed by atoms with Crippen molar-refractivity contribution < 1.29 is 24.9 Å². The van der Waals surface area contributed by atoms with Gasteiger partial charge in [0.1, 0.15) is 6.10 Å². The maximum atomic E-state index is 11.9. The number of carbonyl (C=O) groups excluding carboxylic acids is 1. The maximum Gasteiger partial charge on any atom is 0.342 e. The van der Waals surface area contributed by atoms with Gasteiger partial charge >= 0.3 is 5.97 Å². The van der Waals surface area contributed by atoms with Gasteiger partial charge in [0.25, 0.3) is 0 Å². The normalized spacial score (nSPS) is 27.4. The van der Waals surface area contributed by atoms with Crippen molar-refractivity contribution in [2.24, 2.45) is 0 Å². The average molecular weight is 320 g/mol. The summed E-state index contributed by atoms with van der Waals surface area (Å²) in [5, 5.41) is 30.5. The van der Waals surface area contributed by atoms with E-state index in [0.29, 0.717) is 12.0 Å². The molecule has 0 fully saturated rings. The lowest BCUT2D eigenvalue weighted by Gasteiger charge is -2.34. The standard InChI is InChI=1S/C18H24O5/c1-2-23-17(21)18(22)11-14(16(20)15(19)12-18)10-6-9-13-7-4-3-5-8-13/h3-5,7-8,11,15-16,19-20,22H,2,6,9-10,12H2,1H3/t15?,16-,18+/m1/s1. The summed E-state index contributed by atoms with van der Waals surface area (Å²) in [7, 11) is 0. The summed E-state index contributed by atoms with van der Waals surface area (Å²) >= 11 is 0. The van der Waals surface area contributed by atoms with Crippen LogP contribution in [0.2, 0.25) is 0 Å². The van der Waals surface area contributed by atoms with Crippen LogP contribution in [-0.4, -0.2) is 45.7 Å². The van der Waals surface area contributed by atoms with Crippen LogP contribution in [0.15, 0.2) is 42.0 Å². The van der Waals surface area contributed by atoms with Gasteiger partial charge < -0.3 is 20.1 Å². The fourth-order valence-electron chi connectivity index (χ4n) is 2.89. The Hall–Kier alpha value is -1.69. The smallest absolute Gasteiger partial charge is 0.342 e. The number of hydrogen-bond acceptors (Lipinski definition) is 5. The van der Waals surface area contributed by atoms with E-state index in [1.165, 1.54) is 11.6 Å². The molecule has 0 saturated heterocycles. The van der Waals surface area contributed by atoms with Crippen molar-refractivity contribution in [3.63, 3.8) is 0 Å². The lowest BCUT2D eigenvalue weighted by molar-refractivity contribution is -0.165. The molecule has 3 atom stereocenters. The maximum absolute atomic E-state index is 11.9. The van der Waals surface area contributed by atoms with Gasteiger partial charge in [-0.2, -0.15) is 0 Å². The summed E-state index contributed by atoms with van der Waals surface area (Å²) in [6.45, 7) is 1.80. The molecule has 0 aromatic heterocycles. The van der Waals surface area contributed by atoms with Crippen molar-refractivity contribution in [2.45, 2.75) is 50.4 Å². The predicted molar refractivity (Wildman–Crippen MR) is 85.7 cm³/mol. The van der Waals surface area contributed by atoms with Crippen LogP contribution >= 0.6 is 0 Å². The number of hydrogen-bond donors (Lipinski definition) is 3. The van der Waals surface area contributed by atoms with Crippen LogP contribution in [0.3, 0.4) is 0 Å². The highest BCUT2D eigenvalue weighted by Crippen LogP contribution is 2.31. The Morgan fingerprint density at radius 2 is 1.96 bits per heavy atom. The van der Waals surface area contributed by atoms with E-state index in [4.69, 9.17) is 4.74 Å². The highest BCUT2D eigenvalue weighted by atomic mass is 16.5. The molecule has 1 aromatic rings. The number of ether oxygens (including phenoxy) is 1. The molecule has 23 heavy (non-hydrogen) atoms. The second-order valence-corrected chi connectivity index (χ2v) is 5.92. The first kappa shape index (κ1) is 17.7. The minimum atomic E-state index is -1.86. The Morgan fingerprint density at radius 1 is 1.26 bits per heavy atom. The third-order valence-electron chi connectivity index (χ3n) is 4.09. The molecule has 0 spiro atoms. The number of aliphatic hydroxyl groups excluding tert-OH is 2. The second kappa shape index (κ2) is 7.73. The van der Waals surface area contributed by atoms with Gasteiger partial charge in [-0.3, -0.25) is 0 Å². The molecule has 2 rings (SSSR count). The lowest BCUT2D eigenvalue weighted by atomic mass is 9.81. The number of carbonyl (C=O) groups is 1. The van der Waals surface area contributed by atoms with Crippen LogP contribution in [0.4, 0.5) is 0 Å². The molecular weight excluding hydrogens is 296 g/mol. The van der Waals surface area contributed by atoms with E-state index in [1.807, 2.05) is 30.3 Å². The van der Waals surface area contributed by atoms with Gasteiger partial charge in [-0.15, -0.1) is 0 Å². The fraction of sp³-hybridized carbons (Fsp3) is 0.500. The number of benzene rings is 1. The molecule has 126 valence electrons. The molecule has 1 aliphatic rings. The van der Waals surface area contributed by atoms with Gasteiger partial charge in [0.2, 0.25) is 0 Å². The van der Waals surface area contributed by atoms with Crippen LogP contribution in [-0.2, 0) is 16.0 Å². The lowest BCUT2D eigenvalue weighted by Crippen LogP contribution is -2.49. The minimum Gasteiger partial charge on any atom is -0.464 e. The second-order valence-electron chi connectivity index (χ2n) is 5.92. The summed E-state index contributed by atoms with van der Waals surface area (Å²) in [4.78, 5) is 11.9. The topological polar surface area (TPSA) is 87.0 Å². The summed E-state index contributed by atoms with van der Waals surface area (Å²) < 4.78 is 4.86. The van der Waals surface area contributed by atoms with Crippen LogP contribution in [0.1, 0.15) is 31.7 Å². The van der Waals surface area contributed by atoms with Gasteiger partial charge in [0, 0.05) is 6.42 Å². The molecule has 1 aromatic carbocycles. The van der Waals surface area contributed by atoms with Crippen molar-refractivity contribution in [3.05, 3.63) is 47.5 Å². The summed E-state index contributed by atoms with van der Waals surface area (Å²) in [5.41, 5.74) is -0.202. The number of aryl methyl sites for hydroxylation is 1. The zero-order valence-corrected chi connectivity index (χ0v) is 13.3. The highest BCUT2D eigenvalue weighted by Gasteiger charge is 2.44. The largest absolute Gasteiger partial charge is 0.464 e. The van der Waals surface area contributed by atoms with Crippen LogP contribution < -0.4 is 0 Å². The Labute approximate surface area is 136 Å². The van der Waals surface area contributed by atoms with Crippen molar-refractivity contribution >= 4 is 5.97 Å². The monoisotopic (exact) mass is 320 g/mol. The SMILES string of the molecule is CCOC(=O)[C@]1(O)C=C(CCCc2ccccc2)[C@@H](O)C(O)C1. The molecule has 5 nitrogen and oxygen atoms in total. The average Bonchev–Trinajstić information content (AvgIpc) is 2.53. The third kappa shape index (κ3) is 4.41. The quantitative estimate of drug-likeness (QED) is 0.544. The third-order valence-corrected chi connectivity index (χ3v) is 4.09. The van der Waals surface area contributed by atoms with Gasteiger partial charge in [-0.1, -0.05) is 30.3 Å². The Bertz CT molecular complexity index is 554. The van der Waals surface area contributed by atoms with Crippen LogP contribution in [0, 0.1) is 0 Å². The molecule has 0 aliphatic heterocycles. The van der Waals surface area contributed by atoms with Crippen LogP contribution in [0.25, 0.3) is 0 Å². The van der Waals surface area contributed by atoms with Crippen LogP contribution in [0.5, 0.6) is 0 Å². The van der Waals surface area contributed by atoms with Crippen molar-refractivity contribution in [3.8, 4) is 0 Å². The first-order valence-corrected chi connectivity index (χ1v) is 7.97. The van der Waals surface area contributed by atoms with E-state index < -0.39 is 23.8 Å². The summed E-state index contributed by atoms with van der Waals surface area (Å²) in [6.07, 6.45) is 0.927. The van der Waals surface area contributed by atoms with Crippen molar-refractivity contribution in [1.29, 1.82) is 0 Å². The first-order valence-electron chi connectivity index (χ1n) is 7.97. The molecule has 0 amide bonds. The molecule has 0 heterocycles. The molecule has 5 heteroatoms. The van der Waals surface area contributed by atoms with E-state index in [1.54, 1.807) is 6.92 Å². The van der Waals surface area contributed by atoms with Crippen molar-refractivity contribution in [1.82, 2.24) is 0 Å². The predicted octanol–water partition coefficient (Wildman–Crippen LogP) is 1.36. The molecular formula is C18H24O5. The Balaban J connectivity index is 2.05. The van der Waals surface area contributed by atoms with E-state index >= 15 is 0 Å². The summed E-state index contributed by atoms with van der Waals surface area (Å²) in [6, 6.07) is 9.93. The molecule has 1 aliphatic carbocycles. The minimum absolute atomic E-state index is 0.150. The Morgan fingerprint density at radius 3 is 2.61 bits per heavy atom. The van der Waals surface area contributed by atoms with Gasteiger partial charge in [-0.25, -0.2) is 4.79 Å². The van der Waals surface area contributed by atoms with Gasteiger partial charge in [0.15, 0.2) is 5.60 Å². The number of aliphatic hydroxyl groups is 3. The Kier molecular flexibility index (Phi) is 5.93. The van der Waals surface area contributed by atoms with Crippen molar-refractivity contribution in [2.75, 3.05) is 6.61 Å². The van der Waals surface area contributed by atoms with Gasteiger partial charge in [-0.05, 0) is 43.4 Å². The first-order chi connectivity index (χ1) is 11.0.